The van der Waals surface area contributed by atoms with Crippen LogP contribution in [-0.2, 0) is 12.0 Å². The number of nitrogen functional groups attached to an aromatic ring is 1. The van der Waals surface area contributed by atoms with Crippen LogP contribution in [0.2, 0.25) is 0 Å². The highest BCUT2D eigenvalue weighted by Crippen LogP contribution is 2.50. The van der Waals surface area contributed by atoms with E-state index >= 15 is 0 Å². The minimum absolute atomic E-state index is 0.367. The predicted octanol–water partition coefficient (Wildman–Crippen LogP) is 3.62. The lowest BCUT2D eigenvalue weighted by atomic mass is 9.68. The number of hydrogen-bond donors (Lipinski definition) is 3. The van der Waals surface area contributed by atoms with Gasteiger partial charge < -0.3 is 15.7 Å². The van der Waals surface area contributed by atoms with E-state index in [9.17, 15) is 5.21 Å². The summed E-state index contributed by atoms with van der Waals surface area (Å²) < 4.78 is 5.96. The average Bonchev–Trinajstić information content (AvgIpc) is 2.67. The fraction of sp³-hybridized carbons (Fsp3) is 0.238. The third-order valence-electron chi connectivity index (χ3n) is 5.21. The second-order valence-electron chi connectivity index (χ2n) is 7.29. The Hall–Kier alpha value is -2.96. The molecule has 0 saturated heterocycles. The van der Waals surface area contributed by atoms with Crippen LogP contribution in [0.4, 0.5) is 5.82 Å². The van der Waals surface area contributed by atoms with Crippen molar-refractivity contribution < 1.29 is 9.94 Å². The lowest BCUT2D eigenvalue weighted by molar-refractivity contribution is 0.0912. The van der Waals surface area contributed by atoms with Crippen LogP contribution in [0.1, 0.15) is 36.6 Å². The van der Waals surface area contributed by atoms with E-state index in [0.717, 1.165) is 33.7 Å². The summed E-state index contributed by atoms with van der Waals surface area (Å²) >= 11 is 0. The van der Waals surface area contributed by atoms with E-state index < -0.39 is 5.41 Å². The Kier molecular flexibility index (Phi) is 4.30. The van der Waals surface area contributed by atoms with Crippen LogP contribution < -0.4 is 16.0 Å². The van der Waals surface area contributed by atoms with Crippen LogP contribution in [0.5, 0.6) is 5.75 Å². The van der Waals surface area contributed by atoms with E-state index in [2.05, 4.69) is 15.4 Å². The Morgan fingerprint density at radius 3 is 2.67 bits per heavy atom. The molecule has 1 aliphatic carbocycles. The fourth-order valence-electron chi connectivity index (χ4n) is 3.83. The highest BCUT2D eigenvalue weighted by molar-refractivity contribution is 5.77. The maximum atomic E-state index is 9.92. The van der Waals surface area contributed by atoms with E-state index in [1.807, 2.05) is 62.4 Å². The molecule has 4 N–H and O–H groups in total. The van der Waals surface area contributed by atoms with E-state index in [1.54, 1.807) is 0 Å². The van der Waals surface area contributed by atoms with Gasteiger partial charge in [0.05, 0.1) is 11.7 Å². The first kappa shape index (κ1) is 17.5. The van der Waals surface area contributed by atoms with Crippen LogP contribution in [-0.4, -0.2) is 15.2 Å². The van der Waals surface area contributed by atoms with Gasteiger partial charge in [-0.3, -0.25) is 0 Å². The number of nitrogens with two attached hydrogens (primary N) is 1. The zero-order valence-electron chi connectivity index (χ0n) is 15.3. The summed E-state index contributed by atoms with van der Waals surface area (Å²) in [5, 5.41) is 9.92. The number of fused-ring (bicyclic) bond motifs is 3. The third-order valence-corrected chi connectivity index (χ3v) is 5.21. The molecule has 27 heavy (non-hydrogen) atoms. The van der Waals surface area contributed by atoms with Gasteiger partial charge in [-0.05, 0) is 29.3 Å². The van der Waals surface area contributed by atoms with Crippen LogP contribution >= 0.6 is 0 Å². The van der Waals surface area contributed by atoms with Gasteiger partial charge in [-0.15, -0.1) is 0 Å². The summed E-state index contributed by atoms with van der Waals surface area (Å²) in [5.74, 6) is 1.17. The molecule has 6 heteroatoms. The Balaban J connectivity index is 1.75. The molecule has 0 saturated carbocycles. The SMILES string of the molecule is CC1(C)c2c(N)ncnc2-c2ccc(OCc3ccccc3)cc2C1NO. The third kappa shape index (κ3) is 2.93. The molecule has 6 nitrogen and oxygen atoms in total. The zero-order chi connectivity index (χ0) is 19.0. The van der Waals surface area contributed by atoms with Crippen molar-refractivity contribution >= 4 is 5.82 Å². The molecule has 0 fully saturated rings. The number of nitrogens with zero attached hydrogens (tertiary/aromatic N) is 2. The number of anilines is 1. The molecular formula is C21H22N4O2. The van der Waals surface area contributed by atoms with Crippen LogP contribution in [0.3, 0.4) is 0 Å². The molecule has 1 heterocycles. The first-order chi connectivity index (χ1) is 13.0. The highest BCUT2D eigenvalue weighted by atomic mass is 16.5. The van der Waals surface area contributed by atoms with Gasteiger partial charge in [-0.1, -0.05) is 44.2 Å². The van der Waals surface area contributed by atoms with E-state index in [0.29, 0.717) is 12.4 Å². The summed E-state index contributed by atoms with van der Waals surface area (Å²) in [6.07, 6.45) is 1.47. The van der Waals surface area contributed by atoms with Crippen molar-refractivity contribution in [3.63, 3.8) is 0 Å². The quantitative estimate of drug-likeness (QED) is 0.614. The molecular weight excluding hydrogens is 340 g/mol. The summed E-state index contributed by atoms with van der Waals surface area (Å²) in [6.45, 7) is 4.51. The summed E-state index contributed by atoms with van der Waals surface area (Å²) in [7, 11) is 0. The van der Waals surface area contributed by atoms with Gasteiger partial charge in [0.2, 0.25) is 0 Å². The van der Waals surface area contributed by atoms with E-state index in [4.69, 9.17) is 10.5 Å². The van der Waals surface area contributed by atoms with Gasteiger partial charge in [-0.25, -0.2) is 9.97 Å². The summed E-state index contributed by atoms with van der Waals surface area (Å²) in [5.41, 5.74) is 12.7. The average molecular weight is 362 g/mol. The molecule has 1 aromatic heterocycles. The van der Waals surface area contributed by atoms with Crippen molar-refractivity contribution in [2.45, 2.75) is 31.9 Å². The zero-order valence-corrected chi connectivity index (χ0v) is 15.3. The molecule has 138 valence electrons. The normalized spacial score (nSPS) is 17.1. The van der Waals surface area contributed by atoms with Gasteiger partial charge in [0.25, 0.3) is 0 Å². The lowest BCUT2D eigenvalue weighted by Gasteiger charge is -2.40. The Labute approximate surface area is 158 Å². The lowest BCUT2D eigenvalue weighted by Crippen LogP contribution is -2.40. The molecule has 0 aliphatic heterocycles. The number of ether oxygens (including phenoxy) is 1. The van der Waals surface area contributed by atoms with Crippen LogP contribution in [0.15, 0.2) is 54.9 Å². The molecule has 1 atom stereocenters. The van der Waals surface area contributed by atoms with Crippen molar-refractivity contribution in [2.75, 3.05) is 5.73 Å². The summed E-state index contributed by atoms with van der Waals surface area (Å²) in [6, 6.07) is 15.5. The molecule has 0 spiro atoms. The monoisotopic (exact) mass is 362 g/mol. The maximum Gasteiger partial charge on any atom is 0.131 e. The van der Waals surface area contributed by atoms with Gasteiger partial charge >= 0.3 is 0 Å². The molecule has 0 amide bonds. The van der Waals surface area contributed by atoms with E-state index in [-0.39, 0.29) is 6.04 Å². The number of aromatic nitrogens is 2. The number of nitrogens with one attached hydrogen (secondary N) is 1. The van der Waals surface area contributed by atoms with Gasteiger partial charge in [0, 0.05) is 16.5 Å². The molecule has 3 aromatic rings. The molecule has 0 bridgehead atoms. The molecule has 4 rings (SSSR count). The second-order valence-corrected chi connectivity index (χ2v) is 7.29. The van der Waals surface area contributed by atoms with Crippen molar-refractivity contribution in [2.24, 2.45) is 0 Å². The molecule has 1 unspecified atom stereocenters. The largest absolute Gasteiger partial charge is 0.489 e. The number of hydrogen-bond acceptors (Lipinski definition) is 6. The van der Waals surface area contributed by atoms with Crippen molar-refractivity contribution in [3.8, 4) is 17.0 Å². The second kappa shape index (κ2) is 6.64. The Morgan fingerprint density at radius 1 is 1.15 bits per heavy atom. The number of benzene rings is 2. The minimum Gasteiger partial charge on any atom is -0.489 e. The van der Waals surface area contributed by atoms with Crippen LogP contribution in [0, 0.1) is 0 Å². The highest BCUT2D eigenvalue weighted by Gasteiger charge is 2.42. The first-order valence-electron chi connectivity index (χ1n) is 8.84. The Morgan fingerprint density at radius 2 is 1.93 bits per heavy atom. The summed E-state index contributed by atoms with van der Waals surface area (Å²) in [4.78, 5) is 8.61. The fourth-order valence-corrected chi connectivity index (χ4v) is 3.83. The number of hydroxylamine groups is 1. The Bertz CT molecular complexity index is 973. The van der Waals surface area contributed by atoms with Crippen molar-refractivity contribution in [1.29, 1.82) is 0 Å². The van der Waals surface area contributed by atoms with Gasteiger partial charge in [0.1, 0.15) is 24.5 Å². The van der Waals surface area contributed by atoms with Crippen LogP contribution in [0.25, 0.3) is 11.3 Å². The maximum absolute atomic E-state index is 9.92. The molecule has 1 aliphatic rings. The van der Waals surface area contributed by atoms with Crippen molar-refractivity contribution in [3.05, 3.63) is 71.5 Å². The minimum atomic E-state index is -0.500. The standard InChI is InChI=1S/C21H22N4O2/c1-21(2)17-18(23-12-24-20(17)22)15-9-8-14(10-16(15)19(21)25-26)27-11-13-6-4-3-5-7-13/h3-10,12,19,25-26H,11H2,1-2H3,(H2,22,23,24). The first-order valence-corrected chi connectivity index (χ1v) is 8.84. The smallest absolute Gasteiger partial charge is 0.131 e. The predicted molar refractivity (Wildman–Crippen MR) is 103 cm³/mol. The van der Waals surface area contributed by atoms with Crippen molar-refractivity contribution in [1.82, 2.24) is 15.4 Å². The number of rotatable bonds is 4. The van der Waals surface area contributed by atoms with E-state index in [1.165, 1.54) is 6.33 Å². The molecule has 0 radical (unpaired) electrons. The van der Waals surface area contributed by atoms with Gasteiger partial charge in [-0.2, -0.15) is 5.48 Å². The molecule has 2 aromatic carbocycles. The van der Waals surface area contributed by atoms with Gasteiger partial charge in [0.15, 0.2) is 0 Å². The topological polar surface area (TPSA) is 93.3 Å².